The van der Waals surface area contributed by atoms with Crippen molar-refractivity contribution in [2.75, 3.05) is 18.6 Å². The molecule has 100 valence electrons. The largest absolute Gasteiger partial charge is 0.473 e. The molecule has 0 amide bonds. The van der Waals surface area contributed by atoms with E-state index in [1.54, 1.807) is 6.07 Å². The van der Waals surface area contributed by atoms with Crippen molar-refractivity contribution in [2.24, 2.45) is 0 Å². The van der Waals surface area contributed by atoms with E-state index in [-0.39, 0.29) is 0 Å². The van der Waals surface area contributed by atoms with Gasteiger partial charge in [-0.15, -0.1) is 0 Å². The van der Waals surface area contributed by atoms with Gasteiger partial charge in [-0.2, -0.15) is 4.98 Å². The zero-order chi connectivity index (χ0) is 13.7. The second-order valence-electron chi connectivity index (χ2n) is 3.75. The molecule has 2 aromatic rings. The summed E-state index contributed by atoms with van der Waals surface area (Å²) in [6.45, 7) is 0.425. The maximum atomic E-state index is 5.93. The lowest BCUT2D eigenvalue weighted by molar-refractivity contribution is 0.291. The molecule has 0 aliphatic rings. The van der Waals surface area contributed by atoms with Crippen molar-refractivity contribution in [2.45, 2.75) is 11.8 Å². The van der Waals surface area contributed by atoms with Crippen LogP contribution in [0.15, 0.2) is 35.5 Å². The number of hydrogen-bond donors (Lipinski definition) is 1. The monoisotopic (exact) mass is 295 g/mol. The zero-order valence-electron chi connectivity index (χ0n) is 10.7. The van der Waals surface area contributed by atoms with E-state index < -0.39 is 0 Å². The van der Waals surface area contributed by atoms with E-state index in [4.69, 9.17) is 16.3 Å². The molecule has 4 nitrogen and oxygen atoms in total. The van der Waals surface area contributed by atoms with Gasteiger partial charge in [0, 0.05) is 18.1 Å². The topological polar surface area (TPSA) is 47.0 Å². The van der Waals surface area contributed by atoms with E-state index in [1.807, 2.05) is 37.6 Å². The fourth-order valence-electron chi connectivity index (χ4n) is 1.48. The van der Waals surface area contributed by atoms with E-state index in [2.05, 4.69) is 15.3 Å². The Morgan fingerprint density at radius 2 is 2.16 bits per heavy atom. The van der Waals surface area contributed by atoms with Crippen LogP contribution in [0.3, 0.4) is 0 Å². The average Bonchev–Trinajstić information content (AvgIpc) is 2.44. The van der Waals surface area contributed by atoms with Crippen molar-refractivity contribution < 1.29 is 4.74 Å². The Bertz CT molecular complexity index is 543. The molecule has 1 aromatic heterocycles. The average molecular weight is 296 g/mol. The van der Waals surface area contributed by atoms with Gasteiger partial charge in [-0.05, 0) is 24.0 Å². The van der Waals surface area contributed by atoms with Crippen LogP contribution in [0.4, 0.5) is 5.82 Å². The molecule has 0 bridgehead atoms. The van der Waals surface area contributed by atoms with Crippen molar-refractivity contribution in [3.05, 3.63) is 40.9 Å². The molecule has 0 radical (unpaired) electrons. The van der Waals surface area contributed by atoms with Gasteiger partial charge in [-0.25, -0.2) is 4.98 Å². The van der Waals surface area contributed by atoms with Crippen LogP contribution < -0.4 is 10.1 Å². The number of rotatable bonds is 5. The lowest BCUT2D eigenvalue weighted by Gasteiger charge is -2.08. The van der Waals surface area contributed by atoms with Crippen LogP contribution in [0.5, 0.6) is 5.88 Å². The molecular formula is C13H14ClN3OS. The molecule has 0 aliphatic heterocycles. The van der Waals surface area contributed by atoms with Crippen molar-refractivity contribution >= 4 is 29.2 Å². The highest BCUT2D eigenvalue weighted by molar-refractivity contribution is 7.98. The summed E-state index contributed by atoms with van der Waals surface area (Å²) >= 11 is 7.40. The maximum Gasteiger partial charge on any atom is 0.219 e. The smallest absolute Gasteiger partial charge is 0.219 e. The Morgan fingerprint density at radius 1 is 1.32 bits per heavy atom. The summed E-state index contributed by atoms with van der Waals surface area (Å²) in [6, 6.07) is 9.33. The quantitative estimate of drug-likeness (QED) is 0.676. The first-order valence-electron chi connectivity index (χ1n) is 5.69. The first kappa shape index (κ1) is 14.0. The summed E-state index contributed by atoms with van der Waals surface area (Å²) in [4.78, 5) is 8.57. The van der Waals surface area contributed by atoms with Crippen LogP contribution >= 0.6 is 23.4 Å². The van der Waals surface area contributed by atoms with Crippen molar-refractivity contribution in [3.63, 3.8) is 0 Å². The minimum atomic E-state index is 0.425. The summed E-state index contributed by atoms with van der Waals surface area (Å²) < 4.78 is 5.67. The Morgan fingerprint density at radius 3 is 2.84 bits per heavy atom. The lowest BCUT2D eigenvalue weighted by atomic mass is 10.2. The van der Waals surface area contributed by atoms with Crippen LogP contribution in [0.25, 0.3) is 0 Å². The van der Waals surface area contributed by atoms with Gasteiger partial charge in [0.25, 0.3) is 0 Å². The Kier molecular flexibility index (Phi) is 4.87. The van der Waals surface area contributed by atoms with Gasteiger partial charge in [0.15, 0.2) is 5.16 Å². The number of aromatic nitrogens is 2. The minimum absolute atomic E-state index is 0.425. The van der Waals surface area contributed by atoms with Gasteiger partial charge in [-0.3, -0.25) is 0 Å². The van der Waals surface area contributed by atoms with Crippen LogP contribution in [0, 0.1) is 0 Å². The molecule has 0 unspecified atom stereocenters. The highest BCUT2D eigenvalue weighted by Crippen LogP contribution is 2.20. The fourth-order valence-corrected chi connectivity index (χ4v) is 2.06. The normalized spacial score (nSPS) is 10.3. The first-order valence-corrected chi connectivity index (χ1v) is 7.29. The predicted octanol–water partition coefficient (Wildman–Crippen LogP) is 3.47. The van der Waals surface area contributed by atoms with Crippen molar-refractivity contribution in [1.29, 1.82) is 0 Å². The maximum absolute atomic E-state index is 5.93. The molecule has 2 rings (SSSR count). The standard InChI is InChI=1S/C13H14ClN3OS/c1-15-11-7-12(17-13(16-11)19-2)18-8-9-4-3-5-10(14)6-9/h3-7H,8H2,1-2H3,(H,15,16,17). The van der Waals surface area contributed by atoms with Gasteiger partial charge in [-0.1, -0.05) is 35.5 Å². The number of ether oxygens (including phenoxy) is 1. The third kappa shape index (κ3) is 4.01. The van der Waals surface area contributed by atoms with Crippen molar-refractivity contribution in [1.82, 2.24) is 9.97 Å². The van der Waals surface area contributed by atoms with Gasteiger partial charge in [0.2, 0.25) is 5.88 Å². The summed E-state index contributed by atoms with van der Waals surface area (Å²) in [5.74, 6) is 1.28. The molecule has 1 N–H and O–H groups in total. The minimum Gasteiger partial charge on any atom is -0.473 e. The number of anilines is 1. The van der Waals surface area contributed by atoms with E-state index in [1.165, 1.54) is 11.8 Å². The van der Waals surface area contributed by atoms with E-state index in [0.29, 0.717) is 22.7 Å². The number of nitrogens with one attached hydrogen (secondary N) is 1. The second kappa shape index (κ2) is 6.63. The molecule has 0 spiro atoms. The molecule has 0 saturated carbocycles. The predicted molar refractivity (Wildman–Crippen MR) is 79.1 cm³/mol. The molecule has 1 heterocycles. The third-order valence-corrected chi connectivity index (χ3v) is 3.18. The first-order chi connectivity index (χ1) is 9.21. The number of benzene rings is 1. The SMILES string of the molecule is CNc1cc(OCc2cccc(Cl)c2)nc(SC)n1. The highest BCUT2D eigenvalue weighted by atomic mass is 35.5. The summed E-state index contributed by atoms with van der Waals surface area (Å²) in [7, 11) is 1.81. The summed E-state index contributed by atoms with van der Waals surface area (Å²) in [5, 5.41) is 4.36. The molecule has 0 saturated heterocycles. The van der Waals surface area contributed by atoms with Crippen molar-refractivity contribution in [3.8, 4) is 5.88 Å². The molecule has 19 heavy (non-hydrogen) atoms. The van der Waals surface area contributed by atoms with Gasteiger partial charge in [0.05, 0.1) is 0 Å². The fraction of sp³-hybridized carbons (Fsp3) is 0.231. The second-order valence-corrected chi connectivity index (χ2v) is 4.96. The number of nitrogens with zero attached hydrogens (tertiary/aromatic N) is 2. The number of hydrogen-bond acceptors (Lipinski definition) is 5. The Labute approximate surface area is 121 Å². The van der Waals surface area contributed by atoms with Crippen LogP contribution in [-0.2, 0) is 6.61 Å². The Balaban J connectivity index is 2.10. The molecular weight excluding hydrogens is 282 g/mol. The van der Waals surface area contributed by atoms with Crippen LogP contribution in [0.1, 0.15) is 5.56 Å². The van der Waals surface area contributed by atoms with E-state index in [0.717, 1.165) is 11.4 Å². The van der Waals surface area contributed by atoms with E-state index >= 15 is 0 Å². The summed E-state index contributed by atoms with van der Waals surface area (Å²) in [5.41, 5.74) is 1.00. The zero-order valence-corrected chi connectivity index (χ0v) is 12.3. The molecule has 0 atom stereocenters. The molecule has 0 fully saturated rings. The lowest BCUT2D eigenvalue weighted by Crippen LogP contribution is -2.01. The van der Waals surface area contributed by atoms with E-state index in [9.17, 15) is 0 Å². The molecule has 6 heteroatoms. The number of halogens is 1. The molecule has 0 aliphatic carbocycles. The van der Waals surface area contributed by atoms with Gasteiger partial charge in [0.1, 0.15) is 12.4 Å². The van der Waals surface area contributed by atoms with Gasteiger partial charge >= 0.3 is 0 Å². The summed E-state index contributed by atoms with van der Waals surface area (Å²) in [6.07, 6.45) is 1.93. The third-order valence-electron chi connectivity index (χ3n) is 2.40. The Hall–Kier alpha value is -1.46. The van der Waals surface area contributed by atoms with Crippen LogP contribution in [-0.4, -0.2) is 23.3 Å². The highest BCUT2D eigenvalue weighted by Gasteiger charge is 2.04. The number of thioether (sulfide) groups is 1. The molecule has 1 aromatic carbocycles. The van der Waals surface area contributed by atoms with Crippen LogP contribution in [0.2, 0.25) is 5.02 Å². The van der Waals surface area contributed by atoms with Gasteiger partial charge < -0.3 is 10.1 Å².